The van der Waals surface area contributed by atoms with Gasteiger partial charge in [-0.15, -0.1) is 11.8 Å². The molecule has 9 heteroatoms. The maximum atomic E-state index is 12.2. The van der Waals surface area contributed by atoms with Crippen molar-refractivity contribution in [3.8, 4) is 0 Å². The Labute approximate surface area is 172 Å². The number of para-hydroxylation sites is 1. The third-order valence-electron chi connectivity index (χ3n) is 3.67. The van der Waals surface area contributed by atoms with E-state index in [2.05, 4.69) is 25.6 Å². The molecule has 4 N–H and O–H groups in total. The van der Waals surface area contributed by atoms with Gasteiger partial charge in [0.15, 0.2) is 0 Å². The van der Waals surface area contributed by atoms with E-state index in [0.717, 1.165) is 11.3 Å². The van der Waals surface area contributed by atoms with Crippen LogP contribution in [0.4, 0.5) is 23.3 Å². The van der Waals surface area contributed by atoms with Gasteiger partial charge < -0.3 is 16.4 Å². The van der Waals surface area contributed by atoms with E-state index in [-0.39, 0.29) is 17.6 Å². The van der Waals surface area contributed by atoms with Gasteiger partial charge in [0.2, 0.25) is 17.8 Å². The van der Waals surface area contributed by atoms with Crippen LogP contribution in [0.15, 0.2) is 48.5 Å². The summed E-state index contributed by atoms with van der Waals surface area (Å²) < 4.78 is 0. The molecule has 1 aromatic heterocycles. The molecule has 3 rings (SSSR count). The lowest BCUT2D eigenvalue weighted by Crippen LogP contribution is -2.15. The number of hydrogen-bond acceptors (Lipinski definition) is 7. The number of nitrogens with one attached hydrogen (secondary N) is 2. The van der Waals surface area contributed by atoms with Crippen molar-refractivity contribution < 1.29 is 4.79 Å². The normalized spacial score (nSPS) is 10.5. The molecule has 0 aliphatic rings. The van der Waals surface area contributed by atoms with Crippen molar-refractivity contribution in [2.75, 3.05) is 22.1 Å². The van der Waals surface area contributed by atoms with Crippen LogP contribution in [0.3, 0.4) is 0 Å². The number of benzene rings is 2. The van der Waals surface area contributed by atoms with Gasteiger partial charge in [0.25, 0.3) is 0 Å². The number of thioether (sulfide) groups is 1. The summed E-state index contributed by atoms with van der Waals surface area (Å²) in [6, 6.07) is 14.9. The highest BCUT2D eigenvalue weighted by Gasteiger charge is 2.09. The zero-order valence-corrected chi connectivity index (χ0v) is 16.7. The molecular weight excluding hydrogens is 396 g/mol. The Kier molecular flexibility index (Phi) is 6.67. The summed E-state index contributed by atoms with van der Waals surface area (Å²) in [5, 5.41) is 6.52. The van der Waals surface area contributed by atoms with Crippen LogP contribution in [-0.4, -0.2) is 26.6 Å². The van der Waals surface area contributed by atoms with Gasteiger partial charge in [-0.2, -0.15) is 15.0 Å². The summed E-state index contributed by atoms with van der Waals surface area (Å²) in [6.45, 7) is 1.91. The van der Waals surface area contributed by atoms with E-state index in [1.807, 2.05) is 43.3 Å². The van der Waals surface area contributed by atoms with Crippen molar-refractivity contribution >= 4 is 52.5 Å². The standard InChI is InChI=1S/C19H19ClN6OS/c1-12-7-8-13(20)9-15(12)23-17(27)11-28-10-16-24-18(21)26-19(25-16)22-14-5-3-2-4-6-14/h2-9H,10-11H2,1H3,(H,23,27)(H3,21,22,24,25,26). The zero-order valence-electron chi connectivity index (χ0n) is 15.1. The average molecular weight is 415 g/mol. The van der Waals surface area contributed by atoms with E-state index in [9.17, 15) is 4.79 Å². The largest absolute Gasteiger partial charge is 0.368 e. The molecule has 0 spiro atoms. The summed E-state index contributed by atoms with van der Waals surface area (Å²) in [6.07, 6.45) is 0. The number of anilines is 4. The number of nitrogens with zero attached hydrogens (tertiary/aromatic N) is 3. The fourth-order valence-corrected chi connectivity index (χ4v) is 3.20. The molecule has 0 radical (unpaired) electrons. The van der Waals surface area contributed by atoms with Crippen LogP contribution in [0.25, 0.3) is 0 Å². The minimum absolute atomic E-state index is 0.125. The Morgan fingerprint density at radius 3 is 2.71 bits per heavy atom. The van der Waals surface area contributed by atoms with E-state index in [1.165, 1.54) is 11.8 Å². The van der Waals surface area contributed by atoms with Crippen LogP contribution in [0.2, 0.25) is 5.02 Å². The van der Waals surface area contributed by atoms with Gasteiger partial charge in [0, 0.05) is 16.4 Å². The maximum Gasteiger partial charge on any atom is 0.234 e. The molecule has 1 heterocycles. The van der Waals surface area contributed by atoms with E-state index < -0.39 is 0 Å². The Morgan fingerprint density at radius 2 is 1.93 bits per heavy atom. The second kappa shape index (κ2) is 9.38. The summed E-state index contributed by atoms with van der Waals surface area (Å²) in [4.78, 5) is 24.7. The first-order valence-corrected chi connectivity index (χ1v) is 9.99. The minimum atomic E-state index is -0.125. The maximum absolute atomic E-state index is 12.2. The monoisotopic (exact) mass is 414 g/mol. The second-order valence-corrected chi connectivity index (χ2v) is 7.35. The van der Waals surface area contributed by atoms with Crippen molar-refractivity contribution in [3.05, 3.63) is 64.9 Å². The first-order chi connectivity index (χ1) is 13.5. The SMILES string of the molecule is Cc1ccc(Cl)cc1NC(=O)CSCc1nc(N)nc(Nc2ccccc2)n1. The summed E-state index contributed by atoms with van der Waals surface area (Å²) >= 11 is 7.36. The fourth-order valence-electron chi connectivity index (χ4n) is 2.36. The summed E-state index contributed by atoms with van der Waals surface area (Å²) in [7, 11) is 0. The van der Waals surface area contributed by atoms with E-state index >= 15 is 0 Å². The fraction of sp³-hybridized carbons (Fsp3) is 0.158. The van der Waals surface area contributed by atoms with Crippen molar-refractivity contribution in [2.45, 2.75) is 12.7 Å². The molecule has 0 atom stereocenters. The number of carbonyl (C=O) groups is 1. The lowest BCUT2D eigenvalue weighted by atomic mass is 10.2. The third-order valence-corrected chi connectivity index (χ3v) is 4.83. The molecule has 1 amide bonds. The summed E-state index contributed by atoms with van der Waals surface area (Å²) in [5.74, 6) is 1.55. The van der Waals surface area contributed by atoms with Gasteiger partial charge in [0.1, 0.15) is 5.82 Å². The second-order valence-electron chi connectivity index (χ2n) is 5.92. The van der Waals surface area contributed by atoms with E-state index in [1.54, 1.807) is 12.1 Å². The van der Waals surface area contributed by atoms with Crippen molar-refractivity contribution in [3.63, 3.8) is 0 Å². The highest BCUT2D eigenvalue weighted by atomic mass is 35.5. The first-order valence-electron chi connectivity index (χ1n) is 8.46. The predicted octanol–water partition coefficient (Wildman–Crippen LogP) is 4.03. The van der Waals surface area contributed by atoms with Crippen LogP contribution in [-0.2, 0) is 10.5 Å². The zero-order chi connectivity index (χ0) is 19.9. The van der Waals surface area contributed by atoms with Crippen LogP contribution in [0.1, 0.15) is 11.4 Å². The smallest absolute Gasteiger partial charge is 0.234 e. The average Bonchev–Trinajstić information content (AvgIpc) is 2.65. The topological polar surface area (TPSA) is 106 Å². The molecule has 0 aliphatic heterocycles. The molecule has 3 aromatic rings. The van der Waals surface area contributed by atoms with Crippen molar-refractivity contribution in [2.24, 2.45) is 0 Å². The highest BCUT2D eigenvalue weighted by Crippen LogP contribution is 2.21. The molecule has 2 aromatic carbocycles. The molecule has 0 fully saturated rings. The quantitative estimate of drug-likeness (QED) is 0.535. The number of hydrogen-bond donors (Lipinski definition) is 3. The van der Waals surface area contributed by atoms with Gasteiger partial charge in [-0.3, -0.25) is 4.79 Å². The van der Waals surface area contributed by atoms with Crippen LogP contribution in [0, 0.1) is 6.92 Å². The van der Waals surface area contributed by atoms with E-state index in [0.29, 0.717) is 28.2 Å². The van der Waals surface area contributed by atoms with Crippen molar-refractivity contribution in [1.29, 1.82) is 0 Å². The lowest BCUT2D eigenvalue weighted by Gasteiger charge is -2.09. The van der Waals surface area contributed by atoms with Gasteiger partial charge in [0.05, 0.1) is 11.5 Å². The molecule has 144 valence electrons. The van der Waals surface area contributed by atoms with Crippen molar-refractivity contribution in [1.82, 2.24) is 15.0 Å². The number of aryl methyl sites for hydroxylation is 1. The Morgan fingerprint density at radius 1 is 1.14 bits per heavy atom. The Balaban J connectivity index is 1.55. The lowest BCUT2D eigenvalue weighted by molar-refractivity contribution is -0.113. The van der Waals surface area contributed by atoms with Crippen LogP contribution < -0.4 is 16.4 Å². The highest BCUT2D eigenvalue weighted by molar-refractivity contribution is 7.99. The summed E-state index contributed by atoms with van der Waals surface area (Å²) in [5.41, 5.74) is 8.28. The Hall–Kier alpha value is -2.84. The molecule has 0 bridgehead atoms. The molecular formula is C19H19ClN6OS. The molecule has 0 saturated carbocycles. The molecule has 7 nitrogen and oxygen atoms in total. The number of halogens is 1. The minimum Gasteiger partial charge on any atom is -0.368 e. The van der Waals surface area contributed by atoms with Gasteiger partial charge >= 0.3 is 0 Å². The Bertz CT molecular complexity index is 970. The first kappa shape index (κ1) is 19.9. The molecule has 0 aliphatic carbocycles. The third kappa shape index (κ3) is 5.83. The number of aromatic nitrogens is 3. The van der Waals surface area contributed by atoms with Gasteiger partial charge in [-0.25, -0.2) is 0 Å². The van der Waals surface area contributed by atoms with Gasteiger partial charge in [-0.05, 0) is 36.8 Å². The molecule has 28 heavy (non-hydrogen) atoms. The van der Waals surface area contributed by atoms with E-state index in [4.69, 9.17) is 17.3 Å². The number of rotatable bonds is 7. The molecule has 0 saturated heterocycles. The van der Waals surface area contributed by atoms with Crippen LogP contribution in [0.5, 0.6) is 0 Å². The number of nitrogens with two attached hydrogens (primary N) is 1. The number of nitrogen functional groups attached to an aromatic ring is 1. The molecule has 0 unspecified atom stereocenters. The van der Waals surface area contributed by atoms with Crippen LogP contribution >= 0.6 is 23.4 Å². The number of amides is 1. The predicted molar refractivity (Wildman–Crippen MR) is 115 cm³/mol. The van der Waals surface area contributed by atoms with Gasteiger partial charge in [-0.1, -0.05) is 35.9 Å². The number of carbonyl (C=O) groups excluding carboxylic acids is 1.